The van der Waals surface area contributed by atoms with Crippen molar-refractivity contribution in [3.05, 3.63) is 11.6 Å². The van der Waals surface area contributed by atoms with Gasteiger partial charge >= 0.3 is 0 Å². The maximum absolute atomic E-state index is 4.66. The predicted octanol–water partition coefficient (Wildman–Crippen LogP) is 1.46. The second-order valence-electron chi connectivity index (χ2n) is 6.76. The van der Waals surface area contributed by atoms with Crippen LogP contribution in [0.5, 0.6) is 0 Å². The molecule has 3 heterocycles. The Morgan fingerprint density at radius 2 is 1.21 bits per heavy atom. The molecule has 0 saturated heterocycles. The lowest BCUT2D eigenvalue weighted by molar-refractivity contribution is 0.392. The maximum Gasteiger partial charge on any atom is 0.181 e. The Morgan fingerprint density at radius 1 is 0.842 bits per heavy atom. The first-order valence-corrected chi connectivity index (χ1v) is 12.9. The summed E-state index contributed by atoms with van der Waals surface area (Å²) in [6.45, 7) is 9.63. The van der Waals surface area contributed by atoms with Gasteiger partial charge in [0.2, 0.25) is 0 Å². The second-order valence-corrected chi connectivity index (χ2v) is 16.3. The van der Waals surface area contributed by atoms with Gasteiger partial charge in [0.1, 0.15) is 12.7 Å². The standard InChI is InChI=1S/C11H22N6Si2/c1-14-7-12-16-10(14)11-15(2)8-13-17(11)19(5,6)9-18(16,3)4/h7-8H,9H2,1-6H3. The molecule has 104 valence electrons. The number of nitrogens with zero attached hydrogens (tertiary/aromatic N) is 6. The largest absolute Gasteiger partial charge is 0.317 e. The SMILES string of the molecule is CN1C=NN2C1=C1N(C)C=NN1[Si](C)(C)C[Si]2(C)C. The van der Waals surface area contributed by atoms with Crippen molar-refractivity contribution >= 4 is 29.1 Å². The van der Waals surface area contributed by atoms with Gasteiger partial charge in [-0.2, -0.15) is 10.2 Å². The van der Waals surface area contributed by atoms with Crippen LogP contribution in [0, 0.1) is 0 Å². The summed E-state index contributed by atoms with van der Waals surface area (Å²) in [5.74, 6) is 2.38. The fourth-order valence-electron chi connectivity index (χ4n) is 3.38. The van der Waals surface area contributed by atoms with Gasteiger partial charge in [0.15, 0.2) is 28.1 Å². The van der Waals surface area contributed by atoms with E-state index in [0.717, 1.165) is 0 Å². The summed E-state index contributed by atoms with van der Waals surface area (Å²) < 4.78 is 4.59. The van der Waals surface area contributed by atoms with E-state index < -0.39 is 16.5 Å². The molecule has 8 heteroatoms. The lowest BCUT2D eigenvalue weighted by atomic mass is 10.5. The first-order valence-electron chi connectivity index (χ1n) is 6.63. The first-order chi connectivity index (χ1) is 8.74. The van der Waals surface area contributed by atoms with Crippen LogP contribution < -0.4 is 0 Å². The zero-order chi connectivity index (χ0) is 14.0. The van der Waals surface area contributed by atoms with Crippen LogP contribution in [0.4, 0.5) is 0 Å². The molecule has 0 aromatic carbocycles. The Labute approximate surface area is 116 Å². The summed E-state index contributed by atoms with van der Waals surface area (Å²) in [5.41, 5.74) is 1.25. The highest BCUT2D eigenvalue weighted by Gasteiger charge is 2.51. The molecule has 0 bridgehead atoms. The van der Waals surface area contributed by atoms with Crippen LogP contribution >= 0.6 is 0 Å². The highest BCUT2D eigenvalue weighted by atomic mass is 28.4. The highest BCUT2D eigenvalue weighted by molar-refractivity contribution is 6.93. The lowest BCUT2D eigenvalue weighted by Gasteiger charge is -2.35. The summed E-state index contributed by atoms with van der Waals surface area (Å²) in [5, 5.41) is 9.33. The van der Waals surface area contributed by atoms with Gasteiger partial charge in [0.25, 0.3) is 0 Å². The van der Waals surface area contributed by atoms with Crippen LogP contribution in [0.1, 0.15) is 0 Å². The van der Waals surface area contributed by atoms with Gasteiger partial charge in [-0.05, 0) is 31.9 Å². The van der Waals surface area contributed by atoms with E-state index in [1.165, 1.54) is 17.3 Å². The summed E-state index contributed by atoms with van der Waals surface area (Å²) >= 11 is 0. The van der Waals surface area contributed by atoms with E-state index in [4.69, 9.17) is 0 Å². The predicted molar refractivity (Wildman–Crippen MR) is 83.0 cm³/mol. The van der Waals surface area contributed by atoms with Crippen LogP contribution in [-0.2, 0) is 0 Å². The molecule has 3 aliphatic heterocycles. The molecule has 0 spiro atoms. The van der Waals surface area contributed by atoms with E-state index in [2.05, 4.69) is 69.6 Å². The smallest absolute Gasteiger partial charge is 0.181 e. The molecule has 0 aromatic rings. The van der Waals surface area contributed by atoms with Crippen molar-refractivity contribution in [2.45, 2.75) is 31.9 Å². The molecular weight excluding hydrogens is 272 g/mol. The number of fused-ring (bicyclic) bond motifs is 2. The molecule has 0 aliphatic carbocycles. The Balaban J connectivity index is 2.21. The van der Waals surface area contributed by atoms with Crippen molar-refractivity contribution in [3.63, 3.8) is 0 Å². The molecule has 6 nitrogen and oxygen atoms in total. The quantitative estimate of drug-likeness (QED) is 0.634. The minimum absolute atomic E-state index is 1.19. The number of hydrazone groups is 2. The van der Waals surface area contributed by atoms with Crippen LogP contribution in [0.3, 0.4) is 0 Å². The Hall–Kier alpha value is -1.29. The highest BCUT2D eigenvalue weighted by Crippen LogP contribution is 2.40. The molecule has 0 saturated carbocycles. The summed E-state index contributed by atoms with van der Waals surface area (Å²) in [6.07, 6.45) is 3.84. The van der Waals surface area contributed by atoms with Gasteiger partial charge in [-0.15, -0.1) is 0 Å². The minimum Gasteiger partial charge on any atom is -0.317 e. The molecule has 3 rings (SSSR count). The number of hydrogen-bond donors (Lipinski definition) is 0. The zero-order valence-electron chi connectivity index (χ0n) is 12.5. The van der Waals surface area contributed by atoms with Gasteiger partial charge in [-0.3, -0.25) is 9.35 Å². The molecular formula is C11H22N6Si2. The van der Waals surface area contributed by atoms with E-state index in [1.54, 1.807) is 0 Å². The van der Waals surface area contributed by atoms with E-state index in [1.807, 2.05) is 12.7 Å². The normalized spacial score (nSPS) is 27.1. The summed E-state index contributed by atoms with van der Waals surface area (Å²) in [4.78, 5) is 4.25. The molecule has 0 aromatic heterocycles. The topological polar surface area (TPSA) is 37.7 Å². The third-order valence-corrected chi connectivity index (χ3v) is 13.8. The van der Waals surface area contributed by atoms with Crippen molar-refractivity contribution in [3.8, 4) is 0 Å². The lowest BCUT2D eigenvalue weighted by Crippen LogP contribution is -2.52. The number of rotatable bonds is 0. The minimum atomic E-state index is -1.59. The molecule has 0 unspecified atom stereocenters. The average Bonchev–Trinajstić information content (AvgIpc) is 2.78. The van der Waals surface area contributed by atoms with Gasteiger partial charge < -0.3 is 9.80 Å². The van der Waals surface area contributed by atoms with Crippen LogP contribution in [-0.4, -0.2) is 62.4 Å². The number of hydrogen-bond acceptors (Lipinski definition) is 6. The molecule has 19 heavy (non-hydrogen) atoms. The van der Waals surface area contributed by atoms with Gasteiger partial charge in [0.05, 0.1) is 0 Å². The fraction of sp³-hybridized carbons (Fsp3) is 0.636. The van der Waals surface area contributed by atoms with Crippen molar-refractivity contribution < 1.29 is 0 Å². The maximum atomic E-state index is 4.66. The first kappa shape index (κ1) is 12.7. The Bertz CT molecular complexity index is 465. The van der Waals surface area contributed by atoms with Crippen molar-refractivity contribution in [2.24, 2.45) is 10.2 Å². The van der Waals surface area contributed by atoms with E-state index in [0.29, 0.717) is 0 Å². The van der Waals surface area contributed by atoms with Crippen molar-refractivity contribution in [2.75, 3.05) is 14.1 Å². The molecule has 3 aliphatic rings. The third kappa shape index (κ3) is 1.66. The average molecular weight is 295 g/mol. The molecule has 0 radical (unpaired) electrons. The van der Waals surface area contributed by atoms with Crippen LogP contribution in [0.25, 0.3) is 0 Å². The van der Waals surface area contributed by atoms with E-state index in [-0.39, 0.29) is 0 Å². The van der Waals surface area contributed by atoms with Gasteiger partial charge in [-0.1, -0.05) is 0 Å². The molecule has 0 amide bonds. The molecule has 0 N–H and O–H groups in total. The monoisotopic (exact) mass is 294 g/mol. The third-order valence-electron chi connectivity index (χ3n) is 3.96. The van der Waals surface area contributed by atoms with Gasteiger partial charge in [0, 0.05) is 14.1 Å². The van der Waals surface area contributed by atoms with E-state index >= 15 is 0 Å². The Morgan fingerprint density at radius 3 is 1.58 bits per heavy atom. The second kappa shape index (κ2) is 3.63. The summed E-state index contributed by atoms with van der Waals surface area (Å²) in [7, 11) is 0.963. The molecule has 0 fully saturated rings. The zero-order valence-corrected chi connectivity index (χ0v) is 14.5. The van der Waals surface area contributed by atoms with Crippen LogP contribution in [0.2, 0.25) is 31.9 Å². The molecule has 0 atom stereocenters. The Kier molecular flexibility index (Phi) is 2.43. The fourth-order valence-corrected chi connectivity index (χ4v) is 15.4. The van der Waals surface area contributed by atoms with Crippen molar-refractivity contribution in [1.82, 2.24) is 19.1 Å². The van der Waals surface area contributed by atoms with Gasteiger partial charge in [-0.25, -0.2) is 0 Å². The summed E-state index contributed by atoms with van der Waals surface area (Å²) in [6, 6.07) is 0. The van der Waals surface area contributed by atoms with E-state index in [9.17, 15) is 0 Å². The van der Waals surface area contributed by atoms with Crippen molar-refractivity contribution in [1.29, 1.82) is 0 Å². The van der Waals surface area contributed by atoms with Crippen LogP contribution in [0.15, 0.2) is 21.8 Å².